The van der Waals surface area contributed by atoms with Crippen LogP contribution in [-0.2, 0) is 0 Å². The first-order valence-electron chi connectivity index (χ1n) is 14.8. The summed E-state index contributed by atoms with van der Waals surface area (Å²) in [5.74, 6) is 1.67. The zero-order valence-corrected chi connectivity index (χ0v) is 24.0. The number of rotatable bonds is 5. The summed E-state index contributed by atoms with van der Waals surface area (Å²) in [7, 11) is 0. The van der Waals surface area contributed by atoms with Crippen molar-refractivity contribution < 1.29 is 8.83 Å². The van der Waals surface area contributed by atoms with Crippen molar-refractivity contribution in [3.8, 4) is 22.8 Å². The first kappa shape index (κ1) is 25.2. The number of benzene rings is 6. The maximum Gasteiger partial charge on any atom is 0.238 e. The topological polar surface area (TPSA) is 68.2 Å². The molecule has 6 heteroatoms. The first-order valence-corrected chi connectivity index (χ1v) is 14.8. The fourth-order valence-electron chi connectivity index (χ4n) is 5.99. The minimum absolute atomic E-state index is 0.509. The van der Waals surface area contributed by atoms with Gasteiger partial charge >= 0.3 is 0 Å². The normalized spacial score (nSPS) is 11.6. The van der Waals surface area contributed by atoms with E-state index >= 15 is 0 Å². The van der Waals surface area contributed by atoms with Crippen molar-refractivity contribution in [2.24, 2.45) is 0 Å². The molecule has 3 heterocycles. The van der Waals surface area contributed by atoms with E-state index in [0.29, 0.717) is 17.6 Å². The summed E-state index contributed by atoms with van der Waals surface area (Å²) in [5, 5.41) is 4.16. The van der Waals surface area contributed by atoms with Crippen LogP contribution in [0.15, 0.2) is 154 Å². The van der Waals surface area contributed by atoms with Crippen LogP contribution >= 0.6 is 0 Å². The van der Waals surface area contributed by atoms with Gasteiger partial charge < -0.3 is 8.83 Å². The Bertz CT molecular complexity index is 2500. The lowest BCUT2D eigenvalue weighted by molar-refractivity contribution is 0.668. The van der Waals surface area contributed by atoms with E-state index in [4.69, 9.17) is 23.8 Å². The molecule has 0 saturated carbocycles. The summed E-state index contributed by atoms with van der Waals surface area (Å²) >= 11 is 0. The van der Waals surface area contributed by atoms with Crippen molar-refractivity contribution in [1.82, 2.24) is 15.0 Å². The molecule has 0 fully saturated rings. The summed E-state index contributed by atoms with van der Waals surface area (Å²) in [6.07, 6.45) is 0. The number of hydrogen-bond donors (Lipinski definition) is 0. The van der Waals surface area contributed by atoms with Crippen LogP contribution in [0.4, 0.5) is 17.3 Å². The molecule has 0 atom stereocenters. The van der Waals surface area contributed by atoms with E-state index in [0.717, 1.165) is 66.4 Å². The lowest BCUT2D eigenvalue weighted by Gasteiger charge is -2.24. The maximum absolute atomic E-state index is 6.14. The largest absolute Gasteiger partial charge is 0.456 e. The predicted molar refractivity (Wildman–Crippen MR) is 180 cm³/mol. The quantitative estimate of drug-likeness (QED) is 0.202. The highest BCUT2D eigenvalue weighted by atomic mass is 16.3. The second-order valence-corrected chi connectivity index (χ2v) is 10.9. The van der Waals surface area contributed by atoms with Crippen molar-refractivity contribution >= 4 is 61.2 Å². The van der Waals surface area contributed by atoms with Gasteiger partial charge in [-0.2, -0.15) is 9.97 Å². The van der Waals surface area contributed by atoms with Crippen LogP contribution in [-0.4, -0.2) is 15.0 Å². The molecule has 0 amide bonds. The Morgan fingerprint density at radius 3 is 1.60 bits per heavy atom. The molecule has 6 nitrogen and oxygen atoms in total. The molecule has 0 spiro atoms. The lowest BCUT2D eigenvalue weighted by Crippen LogP contribution is -2.15. The van der Waals surface area contributed by atoms with Crippen LogP contribution in [0.5, 0.6) is 0 Å². The zero-order chi connectivity index (χ0) is 29.7. The minimum Gasteiger partial charge on any atom is -0.456 e. The fraction of sp³-hybridized carbons (Fsp3) is 0. The molecule has 0 aliphatic carbocycles. The summed E-state index contributed by atoms with van der Waals surface area (Å²) in [6, 6.07) is 48.7. The average molecular weight is 581 g/mol. The van der Waals surface area contributed by atoms with Crippen molar-refractivity contribution in [3.05, 3.63) is 146 Å². The zero-order valence-electron chi connectivity index (χ0n) is 24.0. The van der Waals surface area contributed by atoms with Crippen LogP contribution < -0.4 is 4.90 Å². The highest BCUT2D eigenvalue weighted by molar-refractivity contribution is 6.07. The Hall–Kier alpha value is -6.27. The van der Waals surface area contributed by atoms with Crippen LogP contribution in [0.2, 0.25) is 0 Å². The third-order valence-corrected chi connectivity index (χ3v) is 8.12. The number of hydrogen-bond acceptors (Lipinski definition) is 6. The molecule has 6 aromatic carbocycles. The molecule has 0 aliphatic rings. The molecular formula is C39H24N4O2. The Kier molecular flexibility index (Phi) is 5.71. The van der Waals surface area contributed by atoms with E-state index in [2.05, 4.69) is 41.3 Å². The average Bonchev–Trinajstić information content (AvgIpc) is 3.67. The van der Waals surface area contributed by atoms with Crippen LogP contribution in [0.3, 0.4) is 0 Å². The highest BCUT2D eigenvalue weighted by Crippen LogP contribution is 2.39. The third kappa shape index (κ3) is 4.31. The standard InChI is InChI=1S/C39H24N4O2/c1-3-11-25(12-4-1)37-40-38(26-19-21-35-31(23-26)29-15-7-9-17-33(29)44-35)42-39(41-37)43(27-13-5-2-6-14-27)28-20-22-36-32(24-28)30-16-8-10-18-34(30)45-36/h1-24H. The van der Waals surface area contributed by atoms with Crippen LogP contribution in [0.25, 0.3) is 66.7 Å². The van der Waals surface area contributed by atoms with Crippen molar-refractivity contribution in [2.75, 3.05) is 4.90 Å². The smallest absolute Gasteiger partial charge is 0.238 e. The summed E-state index contributed by atoms with van der Waals surface area (Å²) in [4.78, 5) is 17.3. The molecule has 0 N–H and O–H groups in total. The Morgan fingerprint density at radius 1 is 0.378 bits per heavy atom. The molecule has 3 aromatic heterocycles. The van der Waals surface area contributed by atoms with Gasteiger partial charge in [0.25, 0.3) is 0 Å². The SMILES string of the molecule is c1ccc(-c2nc(-c3ccc4oc5ccccc5c4c3)nc(N(c3ccccc3)c3ccc4oc5ccccc5c4c3)n2)cc1. The molecule has 0 unspecified atom stereocenters. The van der Waals surface area contributed by atoms with Gasteiger partial charge in [0.05, 0.1) is 0 Å². The predicted octanol–water partition coefficient (Wildman–Crippen LogP) is 10.5. The number of nitrogens with zero attached hydrogens (tertiary/aromatic N) is 4. The van der Waals surface area contributed by atoms with Gasteiger partial charge in [-0.25, -0.2) is 4.98 Å². The molecule has 0 radical (unpaired) electrons. The molecule has 9 rings (SSSR count). The highest BCUT2D eigenvalue weighted by Gasteiger charge is 2.21. The summed E-state index contributed by atoms with van der Waals surface area (Å²) < 4.78 is 12.2. The Morgan fingerprint density at radius 2 is 0.911 bits per heavy atom. The molecule has 212 valence electrons. The van der Waals surface area contributed by atoms with Crippen molar-refractivity contribution in [2.45, 2.75) is 0 Å². The van der Waals surface area contributed by atoms with E-state index in [1.54, 1.807) is 0 Å². The van der Waals surface area contributed by atoms with Gasteiger partial charge in [-0.05, 0) is 60.7 Å². The van der Waals surface area contributed by atoms with Gasteiger partial charge in [-0.15, -0.1) is 0 Å². The Balaban J connectivity index is 1.28. The van der Waals surface area contributed by atoms with Gasteiger partial charge in [0.2, 0.25) is 5.95 Å². The lowest BCUT2D eigenvalue weighted by atomic mass is 10.1. The van der Waals surface area contributed by atoms with Crippen molar-refractivity contribution in [3.63, 3.8) is 0 Å². The van der Waals surface area contributed by atoms with Gasteiger partial charge in [-0.3, -0.25) is 4.90 Å². The number of anilines is 3. The molecule has 45 heavy (non-hydrogen) atoms. The van der Waals surface area contributed by atoms with Crippen LogP contribution in [0, 0.1) is 0 Å². The van der Waals surface area contributed by atoms with E-state index in [-0.39, 0.29) is 0 Å². The van der Waals surface area contributed by atoms with Gasteiger partial charge in [-0.1, -0.05) is 84.9 Å². The number of fused-ring (bicyclic) bond motifs is 6. The Labute approximate surface area is 257 Å². The van der Waals surface area contributed by atoms with Gasteiger partial charge in [0.15, 0.2) is 11.6 Å². The molecular weight excluding hydrogens is 556 g/mol. The van der Waals surface area contributed by atoms with Gasteiger partial charge in [0, 0.05) is 44.0 Å². The second-order valence-electron chi connectivity index (χ2n) is 10.9. The van der Waals surface area contributed by atoms with Gasteiger partial charge in [0.1, 0.15) is 22.3 Å². The molecule has 0 bridgehead atoms. The van der Waals surface area contributed by atoms with E-state index < -0.39 is 0 Å². The molecule has 0 saturated heterocycles. The number of para-hydroxylation sites is 3. The third-order valence-electron chi connectivity index (χ3n) is 8.12. The monoisotopic (exact) mass is 580 g/mol. The van der Waals surface area contributed by atoms with E-state index in [1.807, 2.05) is 109 Å². The van der Waals surface area contributed by atoms with E-state index in [1.165, 1.54) is 0 Å². The first-order chi connectivity index (χ1) is 22.3. The van der Waals surface area contributed by atoms with Crippen molar-refractivity contribution in [1.29, 1.82) is 0 Å². The summed E-state index contributed by atoms with van der Waals surface area (Å²) in [6.45, 7) is 0. The minimum atomic E-state index is 0.509. The molecule has 0 aliphatic heterocycles. The second kappa shape index (κ2) is 10.2. The number of aromatic nitrogens is 3. The number of furan rings is 2. The molecule has 9 aromatic rings. The maximum atomic E-state index is 6.14. The fourth-order valence-corrected chi connectivity index (χ4v) is 5.99. The summed E-state index contributed by atoms with van der Waals surface area (Å²) in [5.41, 5.74) is 6.97. The van der Waals surface area contributed by atoms with E-state index in [9.17, 15) is 0 Å². The van der Waals surface area contributed by atoms with Crippen LogP contribution in [0.1, 0.15) is 0 Å².